The Morgan fingerprint density at radius 3 is 2.58 bits per heavy atom. The van der Waals surface area contributed by atoms with Crippen LogP contribution in [-0.4, -0.2) is 43.7 Å². The van der Waals surface area contributed by atoms with Gasteiger partial charge in [-0.2, -0.15) is 0 Å². The molecule has 0 spiro atoms. The maximum absolute atomic E-state index is 5.43. The molecule has 2 rings (SSSR count). The van der Waals surface area contributed by atoms with Crippen molar-refractivity contribution in [2.45, 2.75) is 20.0 Å². The Kier molecular flexibility index (Phi) is 9.79. The lowest BCUT2D eigenvalue weighted by atomic mass is 10.2. The quantitative estimate of drug-likeness (QED) is 0.382. The molecule has 26 heavy (non-hydrogen) atoms. The van der Waals surface area contributed by atoms with Crippen molar-refractivity contribution >= 4 is 29.9 Å². The Morgan fingerprint density at radius 2 is 1.88 bits per heavy atom. The van der Waals surface area contributed by atoms with Gasteiger partial charge in [-0.15, -0.1) is 24.0 Å². The van der Waals surface area contributed by atoms with Gasteiger partial charge in [0.2, 0.25) is 5.88 Å². The predicted octanol–water partition coefficient (Wildman–Crippen LogP) is 3.31. The minimum Gasteiger partial charge on any atom is -0.496 e. The Bertz CT molecular complexity index is 709. The van der Waals surface area contributed by atoms with Gasteiger partial charge in [-0.1, -0.05) is 24.3 Å². The van der Waals surface area contributed by atoms with E-state index in [9.17, 15) is 0 Å². The van der Waals surface area contributed by atoms with E-state index in [-0.39, 0.29) is 24.0 Å². The van der Waals surface area contributed by atoms with Crippen LogP contribution in [0.15, 0.2) is 47.5 Å². The highest BCUT2D eigenvalue weighted by molar-refractivity contribution is 14.0. The first kappa shape index (κ1) is 22.0. The minimum absolute atomic E-state index is 0. The summed E-state index contributed by atoms with van der Waals surface area (Å²) in [6.07, 6.45) is 0. The highest BCUT2D eigenvalue weighted by Crippen LogP contribution is 2.18. The third kappa shape index (κ3) is 6.36. The predicted molar refractivity (Wildman–Crippen MR) is 115 cm³/mol. The molecule has 6 nitrogen and oxygen atoms in total. The maximum atomic E-state index is 5.43. The molecule has 0 atom stereocenters. The van der Waals surface area contributed by atoms with Gasteiger partial charge in [0.25, 0.3) is 0 Å². The van der Waals surface area contributed by atoms with Crippen LogP contribution in [-0.2, 0) is 13.1 Å². The van der Waals surface area contributed by atoms with Gasteiger partial charge < -0.3 is 19.7 Å². The lowest BCUT2D eigenvalue weighted by molar-refractivity contribution is 0.395. The molecule has 0 aliphatic heterocycles. The summed E-state index contributed by atoms with van der Waals surface area (Å²) < 4.78 is 10.6. The normalized spacial score (nSPS) is 10.7. The van der Waals surface area contributed by atoms with Gasteiger partial charge in [0.1, 0.15) is 5.75 Å². The number of rotatable bonds is 7. The van der Waals surface area contributed by atoms with Crippen LogP contribution >= 0.6 is 24.0 Å². The molecule has 1 N–H and O–H groups in total. The van der Waals surface area contributed by atoms with Crippen molar-refractivity contribution in [1.82, 2.24) is 15.2 Å². The van der Waals surface area contributed by atoms with Crippen molar-refractivity contribution in [2.24, 2.45) is 4.99 Å². The Hall–Kier alpha value is -2.03. The molecule has 0 unspecified atom stereocenters. The zero-order valence-corrected chi connectivity index (χ0v) is 18.1. The molecule has 1 aromatic carbocycles. The topological polar surface area (TPSA) is 59.0 Å². The van der Waals surface area contributed by atoms with Crippen molar-refractivity contribution in [3.8, 4) is 11.6 Å². The summed E-state index contributed by atoms with van der Waals surface area (Å²) in [5, 5.41) is 3.32. The summed E-state index contributed by atoms with van der Waals surface area (Å²) in [7, 11) is 5.31. The molecule has 2 aromatic rings. The zero-order chi connectivity index (χ0) is 18.1. The second-order valence-corrected chi connectivity index (χ2v) is 5.51. The lowest BCUT2D eigenvalue weighted by Gasteiger charge is -2.23. The van der Waals surface area contributed by atoms with Gasteiger partial charge in [0.05, 0.1) is 26.5 Å². The molecule has 1 aromatic heterocycles. The fraction of sp³-hybridized carbons (Fsp3) is 0.368. The van der Waals surface area contributed by atoms with Crippen LogP contribution in [0.4, 0.5) is 0 Å². The minimum atomic E-state index is 0. The van der Waals surface area contributed by atoms with Crippen LogP contribution in [0.25, 0.3) is 0 Å². The molecule has 0 saturated heterocycles. The van der Waals surface area contributed by atoms with Crippen LogP contribution < -0.4 is 14.8 Å². The fourth-order valence-electron chi connectivity index (χ4n) is 2.45. The molecule has 1 heterocycles. The van der Waals surface area contributed by atoms with E-state index in [0.29, 0.717) is 19.0 Å². The van der Waals surface area contributed by atoms with E-state index in [4.69, 9.17) is 9.47 Å². The second-order valence-electron chi connectivity index (χ2n) is 5.51. The average molecular weight is 470 g/mol. The third-order valence-corrected chi connectivity index (χ3v) is 3.68. The van der Waals surface area contributed by atoms with E-state index in [1.54, 1.807) is 14.2 Å². The third-order valence-electron chi connectivity index (χ3n) is 3.68. The van der Waals surface area contributed by atoms with Gasteiger partial charge >= 0.3 is 0 Å². The molecular weight excluding hydrogens is 443 g/mol. The SMILES string of the molecule is CCNC(=NCc1cccc(OC)n1)N(C)Cc1ccccc1OC.I. The number of methoxy groups -OCH3 is 2. The summed E-state index contributed by atoms with van der Waals surface area (Å²) in [5.74, 6) is 2.29. The smallest absolute Gasteiger partial charge is 0.213 e. The monoisotopic (exact) mass is 470 g/mol. The van der Waals surface area contributed by atoms with Crippen molar-refractivity contribution in [3.05, 3.63) is 53.7 Å². The average Bonchev–Trinajstić information content (AvgIpc) is 2.65. The van der Waals surface area contributed by atoms with Gasteiger partial charge in [-0.25, -0.2) is 9.98 Å². The van der Waals surface area contributed by atoms with Gasteiger partial charge in [0.15, 0.2) is 5.96 Å². The van der Waals surface area contributed by atoms with Gasteiger partial charge in [0, 0.05) is 31.8 Å². The number of hydrogen-bond acceptors (Lipinski definition) is 4. The number of aromatic nitrogens is 1. The van der Waals surface area contributed by atoms with Crippen LogP contribution in [0.5, 0.6) is 11.6 Å². The number of hydrogen-bond donors (Lipinski definition) is 1. The summed E-state index contributed by atoms with van der Waals surface area (Å²) in [6, 6.07) is 13.7. The van der Waals surface area contributed by atoms with Crippen LogP contribution in [0, 0.1) is 0 Å². The second kappa shape index (κ2) is 11.6. The Morgan fingerprint density at radius 1 is 1.12 bits per heavy atom. The van der Waals surface area contributed by atoms with Gasteiger partial charge in [-0.05, 0) is 19.1 Å². The largest absolute Gasteiger partial charge is 0.496 e. The van der Waals surface area contributed by atoms with Gasteiger partial charge in [-0.3, -0.25) is 0 Å². The van der Waals surface area contributed by atoms with Crippen molar-refractivity contribution in [2.75, 3.05) is 27.8 Å². The number of pyridine rings is 1. The lowest BCUT2D eigenvalue weighted by Crippen LogP contribution is -2.38. The number of aliphatic imine (C=N–C) groups is 1. The first-order valence-corrected chi connectivity index (χ1v) is 8.29. The Balaban J connectivity index is 0.00000338. The highest BCUT2D eigenvalue weighted by atomic mass is 127. The Labute approximate surface area is 172 Å². The molecule has 0 fully saturated rings. The van der Waals surface area contributed by atoms with Crippen molar-refractivity contribution < 1.29 is 9.47 Å². The number of benzene rings is 1. The van der Waals surface area contributed by atoms with E-state index in [0.717, 1.165) is 29.5 Å². The van der Waals surface area contributed by atoms with Crippen LogP contribution in [0.1, 0.15) is 18.2 Å². The molecule has 7 heteroatoms. The van der Waals surface area contributed by atoms with Crippen LogP contribution in [0.3, 0.4) is 0 Å². The zero-order valence-electron chi connectivity index (χ0n) is 15.7. The molecule has 0 saturated carbocycles. The molecule has 0 bridgehead atoms. The number of halogens is 1. The first-order valence-electron chi connectivity index (χ1n) is 8.29. The summed E-state index contributed by atoms with van der Waals surface area (Å²) in [5.41, 5.74) is 1.97. The standard InChI is InChI=1S/C19H26N4O2.HI/c1-5-20-19(21-13-16-10-8-12-18(22-16)25-4)23(2)14-15-9-6-7-11-17(15)24-3;/h6-12H,5,13-14H2,1-4H3,(H,20,21);1H. The fourth-order valence-corrected chi connectivity index (χ4v) is 2.45. The van der Waals surface area contributed by atoms with E-state index < -0.39 is 0 Å². The molecular formula is C19H27IN4O2. The van der Waals surface area contributed by atoms with Crippen LogP contribution in [0.2, 0.25) is 0 Å². The van der Waals surface area contributed by atoms with E-state index in [1.165, 1.54) is 0 Å². The molecule has 0 radical (unpaired) electrons. The number of nitrogens with zero attached hydrogens (tertiary/aromatic N) is 3. The maximum Gasteiger partial charge on any atom is 0.213 e. The molecule has 142 valence electrons. The number of nitrogens with one attached hydrogen (secondary N) is 1. The molecule has 0 amide bonds. The molecule has 0 aliphatic rings. The van der Waals surface area contributed by atoms with E-state index in [1.807, 2.05) is 43.4 Å². The van der Waals surface area contributed by atoms with E-state index >= 15 is 0 Å². The summed E-state index contributed by atoms with van der Waals surface area (Å²) >= 11 is 0. The summed E-state index contributed by atoms with van der Waals surface area (Å²) in [4.78, 5) is 11.2. The molecule has 0 aliphatic carbocycles. The van der Waals surface area contributed by atoms with Crippen molar-refractivity contribution in [3.63, 3.8) is 0 Å². The number of guanidine groups is 1. The number of ether oxygens (including phenoxy) is 2. The summed E-state index contributed by atoms with van der Waals surface area (Å²) in [6.45, 7) is 4.02. The first-order chi connectivity index (χ1) is 12.2. The number of para-hydroxylation sites is 1. The highest BCUT2D eigenvalue weighted by Gasteiger charge is 2.10. The van der Waals surface area contributed by atoms with Crippen molar-refractivity contribution in [1.29, 1.82) is 0 Å². The van der Waals surface area contributed by atoms with E-state index in [2.05, 4.69) is 33.2 Å².